The van der Waals surface area contributed by atoms with Crippen LogP contribution in [0.4, 0.5) is 35.0 Å². The molecule has 0 radical (unpaired) electrons. The molecule has 152 valence electrons. The largest absolute Gasteiger partial charge is 0.573 e. The van der Waals surface area contributed by atoms with E-state index in [0.717, 1.165) is 0 Å². The second-order valence-corrected chi connectivity index (χ2v) is 6.44. The van der Waals surface area contributed by atoms with Crippen LogP contribution in [0.15, 0.2) is 54.6 Å². The van der Waals surface area contributed by atoms with Gasteiger partial charge in [-0.05, 0) is 38.1 Å². The van der Waals surface area contributed by atoms with Crippen LogP contribution >= 0.6 is 0 Å². The number of nitrogens with one attached hydrogen (secondary N) is 2. The maximum Gasteiger partial charge on any atom is 0.573 e. The number of benzene rings is 2. The standard InChI is InChI=1S/C20H18F4N4O/c1-12(2)25-19-27-17(13-6-5-7-14(10-13)29-20(22,23)24)11-18(28-19)26-16-9-4-3-8-15(16)21/h3-12H,1-2H3,(H2,25,26,27,28). The van der Waals surface area contributed by atoms with Crippen LogP contribution in [0.3, 0.4) is 0 Å². The van der Waals surface area contributed by atoms with Crippen molar-refractivity contribution in [3.05, 3.63) is 60.4 Å². The lowest BCUT2D eigenvalue weighted by Crippen LogP contribution is -2.17. The summed E-state index contributed by atoms with van der Waals surface area (Å²) in [7, 11) is 0. The summed E-state index contributed by atoms with van der Waals surface area (Å²) in [6.07, 6.45) is -4.80. The summed E-state index contributed by atoms with van der Waals surface area (Å²) in [4.78, 5) is 8.66. The maximum absolute atomic E-state index is 14.0. The normalized spacial score (nSPS) is 11.4. The number of rotatable bonds is 6. The molecule has 2 aromatic carbocycles. The smallest absolute Gasteiger partial charge is 0.406 e. The Morgan fingerprint density at radius 1 is 0.966 bits per heavy atom. The molecule has 0 aliphatic carbocycles. The third-order valence-electron chi connectivity index (χ3n) is 3.64. The second-order valence-electron chi connectivity index (χ2n) is 6.44. The number of hydrogen-bond acceptors (Lipinski definition) is 5. The molecule has 3 rings (SSSR count). The Morgan fingerprint density at radius 3 is 2.41 bits per heavy atom. The zero-order valence-corrected chi connectivity index (χ0v) is 15.6. The third-order valence-corrected chi connectivity index (χ3v) is 3.64. The lowest BCUT2D eigenvalue weighted by molar-refractivity contribution is -0.274. The third kappa shape index (κ3) is 5.81. The van der Waals surface area contributed by atoms with Crippen molar-refractivity contribution in [1.82, 2.24) is 9.97 Å². The fourth-order valence-electron chi connectivity index (χ4n) is 2.54. The molecule has 9 heteroatoms. The molecule has 0 amide bonds. The van der Waals surface area contributed by atoms with Crippen molar-refractivity contribution in [2.45, 2.75) is 26.3 Å². The van der Waals surface area contributed by atoms with Crippen LogP contribution in [0.2, 0.25) is 0 Å². The SMILES string of the molecule is CC(C)Nc1nc(Nc2ccccc2F)cc(-c2cccc(OC(F)(F)F)c2)n1. The van der Waals surface area contributed by atoms with Crippen molar-refractivity contribution in [1.29, 1.82) is 0 Å². The number of para-hydroxylation sites is 1. The molecule has 0 aliphatic rings. The Morgan fingerprint density at radius 2 is 1.72 bits per heavy atom. The molecule has 1 aromatic heterocycles. The molecule has 1 heterocycles. The van der Waals surface area contributed by atoms with Gasteiger partial charge in [0.25, 0.3) is 0 Å². The Labute approximate surface area is 164 Å². The van der Waals surface area contributed by atoms with Crippen molar-refractivity contribution in [3.8, 4) is 17.0 Å². The summed E-state index contributed by atoms with van der Waals surface area (Å²) < 4.78 is 55.5. The summed E-state index contributed by atoms with van der Waals surface area (Å²) >= 11 is 0. The molecule has 0 atom stereocenters. The molecule has 2 N–H and O–H groups in total. The van der Waals surface area contributed by atoms with Gasteiger partial charge in [0.1, 0.15) is 17.4 Å². The van der Waals surface area contributed by atoms with E-state index in [-0.39, 0.29) is 29.2 Å². The van der Waals surface area contributed by atoms with Gasteiger partial charge in [0.2, 0.25) is 5.95 Å². The van der Waals surface area contributed by atoms with Gasteiger partial charge in [-0.1, -0.05) is 24.3 Å². The predicted octanol–water partition coefficient (Wildman–Crippen LogP) is 5.75. The van der Waals surface area contributed by atoms with Gasteiger partial charge in [-0.15, -0.1) is 13.2 Å². The van der Waals surface area contributed by atoms with Crippen LogP contribution in [0.1, 0.15) is 13.8 Å². The van der Waals surface area contributed by atoms with Gasteiger partial charge in [0.05, 0.1) is 11.4 Å². The average Bonchev–Trinajstić information content (AvgIpc) is 2.62. The van der Waals surface area contributed by atoms with E-state index in [1.165, 1.54) is 30.3 Å². The van der Waals surface area contributed by atoms with Crippen molar-refractivity contribution in [2.75, 3.05) is 10.6 Å². The summed E-state index contributed by atoms with van der Waals surface area (Å²) in [6.45, 7) is 3.77. The molecule has 0 saturated carbocycles. The van der Waals surface area contributed by atoms with Crippen LogP contribution in [0.25, 0.3) is 11.3 Å². The van der Waals surface area contributed by atoms with Crippen LogP contribution in [0.5, 0.6) is 5.75 Å². The van der Waals surface area contributed by atoms with Gasteiger partial charge in [-0.2, -0.15) is 4.98 Å². The number of hydrogen-bond donors (Lipinski definition) is 2. The number of anilines is 3. The lowest BCUT2D eigenvalue weighted by Gasteiger charge is -2.14. The average molecular weight is 406 g/mol. The highest BCUT2D eigenvalue weighted by atomic mass is 19.4. The highest BCUT2D eigenvalue weighted by Crippen LogP contribution is 2.29. The number of nitrogens with zero attached hydrogens (tertiary/aromatic N) is 2. The van der Waals surface area contributed by atoms with E-state index >= 15 is 0 Å². The van der Waals surface area contributed by atoms with Crippen LogP contribution < -0.4 is 15.4 Å². The van der Waals surface area contributed by atoms with E-state index < -0.39 is 12.2 Å². The molecule has 29 heavy (non-hydrogen) atoms. The van der Waals surface area contributed by atoms with Crippen LogP contribution in [-0.2, 0) is 0 Å². The van der Waals surface area contributed by atoms with Crippen molar-refractivity contribution >= 4 is 17.5 Å². The first-order valence-electron chi connectivity index (χ1n) is 8.73. The summed E-state index contributed by atoms with van der Waals surface area (Å²) in [6, 6.07) is 13.0. The zero-order chi connectivity index (χ0) is 21.0. The van der Waals surface area contributed by atoms with Crippen molar-refractivity contribution in [2.24, 2.45) is 0 Å². The Balaban J connectivity index is 1.99. The highest BCUT2D eigenvalue weighted by Gasteiger charge is 2.31. The van der Waals surface area contributed by atoms with E-state index in [4.69, 9.17) is 0 Å². The van der Waals surface area contributed by atoms with Gasteiger partial charge >= 0.3 is 6.36 Å². The molecular weight excluding hydrogens is 388 g/mol. The molecule has 3 aromatic rings. The first-order chi connectivity index (χ1) is 13.7. The van der Waals surface area contributed by atoms with Gasteiger partial charge in [-0.3, -0.25) is 0 Å². The Bertz CT molecular complexity index is 992. The fourth-order valence-corrected chi connectivity index (χ4v) is 2.54. The maximum atomic E-state index is 14.0. The monoisotopic (exact) mass is 406 g/mol. The van der Waals surface area contributed by atoms with E-state index in [1.54, 1.807) is 24.3 Å². The number of aromatic nitrogens is 2. The zero-order valence-electron chi connectivity index (χ0n) is 15.6. The topological polar surface area (TPSA) is 59.1 Å². The summed E-state index contributed by atoms with van der Waals surface area (Å²) in [5.74, 6) is -0.300. The van der Waals surface area contributed by atoms with Gasteiger partial charge in [0.15, 0.2) is 0 Å². The fraction of sp³-hybridized carbons (Fsp3) is 0.200. The van der Waals surface area contributed by atoms with Gasteiger partial charge in [-0.25, -0.2) is 9.37 Å². The Kier molecular flexibility index (Phi) is 5.86. The number of halogens is 4. The number of alkyl halides is 3. The molecule has 0 unspecified atom stereocenters. The van der Waals surface area contributed by atoms with E-state index in [2.05, 4.69) is 25.3 Å². The van der Waals surface area contributed by atoms with Gasteiger partial charge < -0.3 is 15.4 Å². The molecule has 0 aliphatic heterocycles. The molecule has 0 bridgehead atoms. The first-order valence-corrected chi connectivity index (χ1v) is 8.73. The minimum atomic E-state index is -4.80. The van der Waals surface area contributed by atoms with Crippen molar-refractivity contribution in [3.63, 3.8) is 0 Å². The van der Waals surface area contributed by atoms with E-state index in [9.17, 15) is 17.6 Å². The molecule has 5 nitrogen and oxygen atoms in total. The molecule has 0 saturated heterocycles. The van der Waals surface area contributed by atoms with Gasteiger partial charge in [0, 0.05) is 17.7 Å². The van der Waals surface area contributed by atoms with Crippen molar-refractivity contribution < 1.29 is 22.3 Å². The highest BCUT2D eigenvalue weighted by molar-refractivity contribution is 5.68. The summed E-state index contributed by atoms with van der Waals surface area (Å²) in [5.41, 5.74) is 0.939. The minimum Gasteiger partial charge on any atom is -0.406 e. The molecular formula is C20H18F4N4O. The first kappa shape index (κ1) is 20.4. The quantitative estimate of drug-likeness (QED) is 0.511. The molecule has 0 spiro atoms. The lowest BCUT2D eigenvalue weighted by atomic mass is 10.1. The Hall–Kier alpha value is -3.36. The minimum absolute atomic E-state index is 0.00598. The predicted molar refractivity (Wildman–Crippen MR) is 103 cm³/mol. The van der Waals surface area contributed by atoms with Crippen LogP contribution in [0, 0.1) is 5.82 Å². The van der Waals surface area contributed by atoms with E-state index in [1.807, 2.05) is 13.8 Å². The number of ether oxygens (including phenoxy) is 1. The summed E-state index contributed by atoms with van der Waals surface area (Å²) in [5, 5.41) is 5.91. The second kappa shape index (κ2) is 8.34. The van der Waals surface area contributed by atoms with Crippen LogP contribution in [-0.4, -0.2) is 22.4 Å². The van der Waals surface area contributed by atoms with E-state index in [0.29, 0.717) is 11.3 Å². The molecule has 0 fully saturated rings.